The molecule has 132 valence electrons. The van der Waals surface area contributed by atoms with Gasteiger partial charge in [0.05, 0.1) is 0 Å². The van der Waals surface area contributed by atoms with E-state index < -0.39 is 17.8 Å². The van der Waals surface area contributed by atoms with Crippen LogP contribution in [0, 0.1) is 12.7 Å². The van der Waals surface area contributed by atoms with Gasteiger partial charge in [-0.1, -0.05) is 29.8 Å². The van der Waals surface area contributed by atoms with Crippen LogP contribution in [-0.2, 0) is 4.79 Å². The lowest BCUT2D eigenvalue weighted by Gasteiger charge is -2.17. The van der Waals surface area contributed by atoms with Crippen molar-refractivity contribution in [2.24, 2.45) is 0 Å². The van der Waals surface area contributed by atoms with E-state index in [4.69, 9.17) is 28.6 Å². The number of nitrogens with one attached hydrogen (secondary N) is 3. The fraction of sp³-hybridized carbons (Fsp3) is 0.176. The molecule has 0 radical (unpaired) electrons. The summed E-state index contributed by atoms with van der Waals surface area (Å²) in [5, 5.41) is 3.70. The number of carbonyl (C=O) groups is 1. The Bertz CT molecular complexity index is 788. The lowest BCUT2D eigenvalue weighted by Crippen LogP contribution is -2.48. The van der Waals surface area contributed by atoms with E-state index in [1.807, 2.05) is 6.92 Å². The summed E-state index contributed by atoms with van der Waals surface area (Å²) in [5.74, 6) is -1.04. The normalized spacial score (nSPS) is 11.4. The third-order valence-electron chi connectivity index (χ3n) is 3.32. The molecule has 2 rings (SSSR count). The number of thiocarbonyl (C=S) groups is 1. The maximum Gasteiger partial charge on any atom is 0.279 e. The van der Waals surface area contributed by atoms with Crippen LogP contribution in [0.2, 0.25) is 5.02 Å². The first kappa shape index (κ1) is 19.0. The van der Waals surface area contributed by atoms with Gasteiger partial charge >= 0.3 is 0 Å². The molecule has 5 nitrogen and oxygen atoms in total. The van der Waals surface area contributed by atoms with Gasteiger partial charge in [-0.25, -0.2) is 4.39 Å². The van der Waals surface area contributed by atoms with E-state index >= 15 is 0 Å². The number of amides is 1. The molecule has 0 saturated carbocycles. The van der Waals surface area contributed by atoms with Crippen molar-refractivity contribution < 1.29 is 13.9 Å². The second-order valence-electron chi connectivity index (χ2n) is 5.17. The third-order valence-corrected chi connectivity index (χ3v) is 3.94. The van der Waals surface area contributed by atoms with Crippen molar-refractivity contribution in [1.82, 2.24) is 10.9 Å². The van der Waals surface area contributed by atoms with Gasteiger partial charge < -0.3 is 10.1 Å². The molecule has 0 aliphatic carbocycles. The van der Waals surface area contributed by atoms with Gasteiger partial charge in [0.25, 0.3) is 5.91 Å². The Morgan fingerprint density at radius 3 is 2.64 bits per heavy atom. The zero-order valence-corrected chi connectivity index (χ0v) is 15.2. The molecule has 0 saturated heterocycles. The van der Waals surface area contributed by atoms with E-state index in [1.165, 1.54) is 25.1 Å². The molecule has 0 unspecified atom stereocenters. The average Bonchev–Trinajstić information content (AvgIpc) is 2.58. The highest BCUT2D eigenvalue weighted by atomic mass is 35.5. The molecule has 1 atom stereocenters. The van der Waals surface area contributed by atoms with Crippen LogP contribution in [0.1, 0.15) is 12.5 Å². The lowest BCUT2D eigenvalue weighted by atomic mass is 10.2. The Morgan fingerprint density at radius 2 is 1.92 bits per heavy atom. The average molecular weight is 382 g/mol. The van der Waals surface area contributed by atoms with Crippen LogP contribution in [-0.4, -0.2) is 17.1 Å². The van der Waals surface area contributed by atoms with Crippen LogP contribution in [0.5, 0.6) is 5.75 Å². The fourth-order valence-corrected chi connectivity index (χ4v) is 2.24. The van der Waals surface area contributed by atoms with Gasteiger partial charge in [-0.15, -0.1) is 0 Å². The number of ether oxygens (including phenoxy) is 1. The van der Waals surface area contributed by atoms with Crippen LogP contribution in [0.15, 0.2) is 42.5 Å². The second-order valence-corrected chi connectivity index (χ2v) is 5.99. The lowest BCUT2D eigenvalue weighted by molar-refractivity contribution is -0.127. The number of hydrazine groups is 1. The molecule has 8 heteroatoms. The fourth-order valence-electron chi connectivity index (χ4n) is 1.90. The topological polar surface area (TPSA) is 62.4 Å². The molecular formula is C17H17ClFN3O2S. The summed E-state index contributed by atoms with van der Waals surface area (Å²) >= 11 is 11.1. The standard InChI is InChI=1S/C17H17ClFN3O2S/c1-10-12(18)6-5-8-14(10)20-17(25)22-21-16(23)11(2)24-15-9-4-3-7-13(15)19/h3-9,11H,1-2H3,(H,21,23)(H2,20,22,25)/t11-/m0/s1. The maximum absolute atomic E-state index is 13.5. The zero-order valence-electron chi connectivity index (χ0n) is 13.6. The summed E-state index contributed by atoms with van der Waals surface area (Å²) in [6.45, 7) is 3.34. The molecule has 0 aliphatic heterocycles. The van der Waals surface area contributed by atoms with E-state index in [0.29, 0.717) is 5.02 Å². The summed E-state index contributed by atoms with van der Waals surface area (Å²) in [6, 6.07) is 11.2. The van der Waals surface area contributed by atoms with Crippen molar-refractivity contribution in [3.05, 3.63) is 58.9 Å². The van der Waals surface area contributed by atoms with Gasteiger partial charge in [0.2, 0.25) is 0 Å². The monoisotopic (exact) mass is 381 g/mol. The molecule has 2 aromatic carbocycles. The van der Waals surface area contributed by atoms with Crippen molar-refractivity contribution >= 4 is 40.5 Å². The first-order valence-corrected chi connectivity index (χ1v) is 8.20. The molecule has 0 spiro atoms. The number of para-hydroxylation sites is 1. The summed E-state index contributed by atoms with van der Waals surface area (Å²) in [6.07, 6.45) is -0.917. The molecule has 25 heavy (non-hydrogen) atoms. The van der Waals surface area contributed by atoms with Gasteiger partial charge in [-0.2, -0.15) is 0 Å². The Balaban J connectivity index is 1.85. The Kier molecular flexibility index (Phi) is 6.55. The van der Waals surface area contributed by atoms with Crippen molar-refractivity contribution in [3.63, 3.8) is 0 Å². The van der Waals surface area contributed by atoms with Crippen LogP contribution in [0.3, 0.4) is 0 Å². The number of anilines is 1. The van der Waals surface area contributed by atoms with Gasteiger partial charge in [-0.3, -0.25) is 15.6 Å². The summed E-state index contributed by atoms with van der Waals surface area (Å²) in [7, 11) is 0. The van der Waals surface area contributed by atoms with Crippen molar-refractivity contribution in [2.75, 3.05) is 5.32 Å². The number of benzene rings is 2. The van der Waals surface area contributed by atoms with Gasteiger partial charge in [0, 0.05) is 10.7 Å². The first-order valence-electron chi connectivity index (χ1n) is 7.41. The molecule has 0 fully saturated rings. The highest BCUT2D eigenvalue weighted by molar-refractivity contribution is 7.80. The Labute approximate surface area is 155 Å². The number of carbonyl (C=O) groups excluding carboxylic acids is 1. The minimum atomic E-state index is -0.917. The molecular weight excluding hydrogens is 365 g/mol. The summed E-state index contributed by atoms with van der Waals surface area (Å²) in [4.78, 5) is 12.0. The van der Waals surface area contributed by atoms with Crippen LogP contribution in [0.4, 0.5) is 10.1 Å². The molecule has 0 aliphatic rings. The van der Waals surface area contributed by atoms with Crippen LogP contribution >= 0.6 is 23.8 Å². The SMILES string of the molecule is Cc1c(Cl)cccc1NC(=S)NNC(=O)[C@H](C)Oc1ccccc1F. The smallest absolute Gasteiger partial charge is 0.279 e. The second kappa shape index (κ2) is 8.64. The zero-order chi connectivity index (χ0) is 18.4. The third kappa shape index (κ3) is 5.30. The summed E-state index contributed by atoms with van der Waals surface area (Å²) in [5.41, 5.74) is 6.51. The van der Waals surface area contributed by atoms with Gasteiger partial charge in [0.1, 0.15) is 0 Å². The molecule has 0 bridgehead atoms. The van der Waals surface area contributed by atoms with Gasteiger partial charge in [-0.05, 0) is 55.9 Å². The highest BCUT2D eigenvalue weighted by Crippen LogP contribution is 2.22. The number of hydrogen-bond donors (Lipinski definition) is 3. The quantitative estimate of drug-likeness (QED) is 0.558. The minimum absolute atomic E-state index is 0.000374. The minimum Gasteiger partial charge on any atom is -0.478 e. The number of rotatable bonds is 4. The molecule has 3 N–H and O–H groups in total. The number of halogens is 2. The van der Waals surface area contributed by atoms with E-state index in [0.717, 1.165) is 11.3 Å². The van der Waals surface area contributed by atoms with Crippen molar-refractivity contribution in [2.45, 2.75) is 20.0 Å². The van der Waals surface area contributed by atoms with E-state index in [1.54, 1.807) is 24.3 Å². The maximum atomic E-state index is 13.5. The molecule has 0 aromatic heterocycles. The van der Waals surface area contributed by atoms with E-state index in [2.05, 4.69) is 16.2 Å². The molecule has 2 aromatic rings. The highest BCUT2D eigenvalue weighted by Gasteiger charge is 2.16. The summed E-state index contributed by atoms with van der Waals surface area (Å²) < 4.78 is 18.8. The van der Waals surface area contributed by atoms with Crippen LogP contribution < -0.4 is 20.9 Å². The predicted octanol–water partition coefficient (Wildman–Crippen LogP) is 3.57. The van der Waals surface area contributed by atoms with E-state index in [-0.39, 0.29) is 10.9 Å². The van der Waals surface area contributed by atoms with Crippen LogP contribution in [0.25, 0.3) is 0 Å². The first-order chi connectivity index (χ1) is 11.9. The Morgan fingerprint density at radius 1 is 1.20 bits per heavy atom. The van der Waals surface area contributed by atoms with Gasteiger partial charge in [0.15, 0.2) is 22.8 Å². The Hall–Kier alpha value is -2.38. The largest absolute Gasteiger partial charge is 0.478 e. The van der Waals surface area contributed by atoms with Crippen molar-refractivity contribution in [3.8, 4) is 5.75 Å². The number of hydrogen-bond acceptors (Lipinski definition) is 3. The van der Waals surface area contributed by atoms with E-state index in [9.17, 15) is 9.18 Å². The van der Waals surface area contributed by atoms with Crippen molar-refractivity contribution in [1.29, 1.82) is 0 Å². The molecule has 0 heterocycles. The predicted molar refractivity (Wildman–Crippen MR) is 100 cm³/mol. The molecule has 1 amide bonds.